The molecule has 0 saturated heterocycles. The van der Waals surface area contributed by atoms with E-state index >= 15 is 0 Å². The molecule has 0 aliphatic rings. The smallest absolute Gasteiger partial charge is 0.150 e. The molecule has 7 heteroatoms. The van der Waals surface area contributed by atoms with Crippen molar-refractivity contribution in [2.75, 3.05) is 12.0 Å². The van der Waals surface area contributed by atoms with Gasteiger partial charge in [-0.1, -0.05) is 0 Å². The van der Waals surface area contributed by atoms with Gasteiger partial charge in [-0.15, -0.1) is 0 Å². The van der Waals surface area contributed by atoms with E-state index in [1.54, 1.807) is 0 Å². The largest absolute Gasteiger partial charge is 0.387 e. The van der Waals surface area contributed by atoms with Crippen molar-refractivity contribution in [3.63, 3.8) is 0 Å². The molecule has 0 saturated carbocycles. The van der Waals surface area contributed by atoms with Crippen LogP contribution in [-0.2, 0) is 9.84 Å². The third kappa shape index (κ3) is 3.23. The van der Waals surface area contributed by atoms with Gasteiger partial charge in [0.05, 0.1) is 21.9 Å². The zero-order valence-electron chi connectivity index (χ0n) is 8.25. The van der Waals surface area contributed by atoms with E-state index in [4.69, 9.17) is 0 Å². The lowest BCUT2D eigenvalue weighted by Gasteiger charge is -2.12. The molecule has 3 nitrogen and oxygen atoms in total. The van der Waals surface area contributed by atoms with E-state index in [1.807, 2.05) is 0 Å². The number of rotatable bonds is 3. The zero-order chi connectivity index (χ0) is 12.5. The summed E-state index contributed by atoms with van der Waals surface area (Å²) >= 11 is 2.83. The van der Waals surface area contributed by atoms with Crippen molar-refractivity contribution in [2.45, 2.75) is 6.10 Å². The van der Waals surface area contributed by atoms with E-state index in [-0.39, 0.29) is 4.47 Å². The van der Waals surface area contributed by atoms with Gasteiger partial charge in [0.25, 0.3) is 0 Å². The van der Waals surface area contributed by atoms with E-state index in [0.29, 0.717) is 0 Å². The molecule has 0 aromatic heterocycles. The summed E-state index contributed by atoms with van der Waals surface area (Å²) < 4.78 is 48.5. The van der Waals surface area contributed by atoms with Crippen LogP contribution in [0.5, 0.6) is 0 Å². The molecule has 0 aliphatic carbocycles. The molecule has 1 unspecified atom stereocenters. The van der Waals surface area contributed by atoms with Crippen LogP contribution in [-0.4, -0.2) is 25.5 Å². The first-order chi connectivity index (χ1) is 7.22. The van der Waals surface area contributed by atoms with Crippen LogP contribution in [0.25, 0.3) is 0 Å². The van der Waals surface area contributed by atoms with Crippen molar-refractivity contribution in [3.05, 3.63) is 33.8 Å². The van der Waals surface area contributed by atoms with Crippen LogP contribution >= 0.6 is 15.9 Å². The van der Waals surface area contributed by atoms with Crippen molar-refractivity contribution < 1.29 is 22.3 Å². The Hall–Kier alpha value is -0.530. The molecular formula is C9H9BrF2O3S. The van der Waals surface area contributed by atoms with Gasteiger partial charge in [-0.2, -0.15) is 0 Å². The molecule has 16 heavy (non-hydrogen) atoms. The minimum absolute atomic E-state index is 0.0311. The lowest BCUT2D eigenvalue weighted by molar-refractivity contribution is 0.191. The number of aliphatic hydroxyl groups is 1. The fourth-order valence-corrected chi connectivity index (χ4v) is 2.30. The Morgan fingerprint density at radius 1 is 1.44 bits per heavy atom. The Balaban J connectivity index is 3.18. The lowest BCUT2D eigenvalue weighted by Crippen LogP contribution is -2.15. The van der Waals surface area contributed by atoms with E-state index in [0.717, 1.165) is 18.4 Å². The summed E-state index contributed by atoms with van der Waals surface area (Å²) in [7, 11) is -3.52. The van der Waals surface area contributed by atoms with E-state index in [2.05, 4.69) is 15.9 Å². The fourth-order valence-electron chi connectivity index (χ4n) is 1.22. The first-order valence-corrected chi connectivity index (χ1v) is 7.07. The molecule has 0 heterocycles. The average Bonchev–Trinajstić information content (AvgIpc) is 2.09. The average molecular weight is 315 g/mol. The number of benzene rings is 1. The first kappa shape index (κ1) is 13.5. The van der Waals surface area contributed by atoms with Gasteiger partial charge < -0.3 is 5.11 Å². The van der Waals surface area contributed by atoms with Crippen molar-refractivity contribution >= 4 is 25.8 Å². The Kier molecular flexibility index (Phi) is 4.03. The molecule has 1 N–H and O–H groups in total. The molecule has 1 atom stereocenters. The minimum atomic E-state index is -3.52. The highest BCUT2D eigenvalue weighted by Crippen LogP contribution is 2.27. The van der Waals surface area contributed by atoms with Crippen molar-refractivity contribution in [1.29, 1.82) is 0 Å². The standard InChI is InChI=1S/C9H9BrF2O3S/c1-16(14,15)4-7(13)8-6(11)3-2-5(10)9(8)12/h2-3,7,13H,4H2,1H3. The summed E-state index contributed by atoms with van der Waals surface area (Å²) in [5.74, 6) is -2.69. The SMILES string of the molecule is CS(=O)(=O)CC(O)c1c(F)ccc(Br)c1F. The summed E-state index contributed by atoms with van der Waals surface area (Å²) in [6.45, 7) is 0. The highest BCUT2D eigenvalue weighted by Gasteiger charge is 2.23. The maximum atomic E-state index is 13.4. The topological polar surface area (TPSA) is 54.4 Å². The van der Waals surface area contributed by atoms with Gasteiger partial charge in [-0.3, -0.25) is 0 Å². The highest BCUT2D eigenvalue weighted by molar-refractivity contribution is 9.10. The third-order valence-electron chi connectivity index (χ3n) is 1.87. The second-order valence-electron chi connectivity index (χ2n) is 3.37. The van der Waals surface area contributed by atoms with Crippen molar-refractivity contribution in [1.82, 2.24) is 0 Å². The Bertz CT molecular complexity index is 502. The summed E-state index contributed by atoms with van der Waals surface area (Å²) in [5.41, 5.74) is -0.639. The van der Waals surface area contributed by atoms with E-state index < -0.39 is 38.9 Å². The van der Waals surface area contributed by atoms with E-state index in [9.17, 15) is 22.3 Å². The van der Waals surface area contributed by atoms with Crippen molar-refractivity contribution in [3.8, 4) is 0 Å². The van der Waals surface area contributed by atoms with Gasteiger partial charge in [0, 0.05) is 6.26 Å². The zero-order valence-corrected chi connectivity index (χ0v) is 10.6. The molecule has 90 valence electrons. The normalized spacial score (nSPS) is 13.8. The maximum Gasteiger partial charge on any atom is 0.150 e. The van der Waals surface area contributed by atoms with Gasteiger partial charge in [-0.05, 0) is 28.1 Å². The molecule has 0 bridgehead atoms. The third-order valence-corrected chi connectivity index (χ3v) is 3.41. The van der Waals surface area contributed by atoms with Crippen LogP contribution in [0.3, 0.4) is 0 Å². The van der Waals surface area contributed by atoms with Gasteiger partial charge in [0.15, 0.2) is 0 Å². The quantitative estimate of drug-likeness (QED) is 0.866. The van der Waals surface area contributed by atoms with Crippen LogP contribution < -0.4 is 0 Å². The van der Waals surface area contributed by atoms with Crippen LogP contribution in [0.2, 0.25) is 0 Å². The van der Waals surface area contributed by atoms with Crippen LogP contribution in [0.4, 0.5) is 8.78 Å². The Labute approximate surface area is 100 Å². The number of halogens is 3. The summed E-state index contributed by atoms with van der Waals surface area (Å²) in [6.07, 6.45) is -0.836. The fraction of sp³-hybridized carbons (Fsp3) is 0.333. The van der Waals surface area contributed by atoms with Crippen molar-refractivity contribution in [2.24, 2.45) is 0 Å². The predicted molar refractivity (Wildman–Crippen MR) is 58.7 cm³/mol. The Morgan fingerprint density at radius 2 is 2.00 bits per heavy atom. The second-order valence-corrected chi connectivity index (χ2v) is 6.40. The summed E-state index contributed by atoms with van der Waals surface area (Å²) in [5, 5.41) is 9.46. The maximum absolute atomic E-state index is 13.4. The van der Waals surface area contributed by atoms with E-state index in [1.165, 1.54) is 0 Å². The van der Waals surface area contributed by atoms with Gasteiger partial charge in [0.1, 0.15) is 21.5 Å². The molecule has 0 spiro atoms. The van der Waals surface area contributed by atoms with Gasteiger partial charge in [0.2, 0.25) is 0 Å². The monoisotopic (exact) mass is 314 g/mol. The van der Waals surface area contributed by atoms with Gasteiger partial charge in [-0.25, -0.2) is 17.2 Å². The Morgan fingerprint density at radius 3 is 2.50 bits per heavy atom. The lowest BCUT2D eigenvalue weighted by atomic mass is 10.1. The first-order valence-electron chi connectivity index (χ1n) is 4.21. The second kappa shape index (κ2) is 4.77. The molecule has 0 radical (unpaired) electrons. The molecular weight excluding hydrogens is 306 g/mol. The summed E-state index contributed by atoms with van der Waals surface area (Å²) in [4.78, 5) is 0. The number of hydrogen-bond acceptors (Lipinski definition) is 3. The molecule has 0 amide bonds. The number of hydrogen-bond donors (Lipinski definition) is 1. The summed E-state index contributed by atoms with van der Waals surface area (Å²) in [6, 6.07) is 2.09. The molecule has 1 aromatic rings. The molecule has 0 aliphatic heterocycles. The molecule has 1 aromatic carbocycles. The van der Waals surface area contributed by atoms with Crippen LogP contribution in [0.15, 0.2) is 16.6 Å². The van der Waals surface area contributed by atoms with Gasteiger partial charge >= 0.3 is 0 Å². The molecule has 0 fully saturated rings. The van der Waals surface area contributed by atoms with Crippen LogP contribution in [0.1, 0.15) is 11.7 Å². The highest BCUT2D eigenvalue weighted by atomic mass is 79.9. The van der Waals surface area contributed by atoms with Crippen LogP contribution in [0, 0.1) is 11.6 Å². The number of aliphatic hydroxyl groups excluding tert-OH is 1. The molecule has 1 rings (SSSR count). The minimum Gasteiger partial charge on any atom is -0.387 e. The predicted octanol–water partition coefficient (Wildman–Crippen LogP) is 1.81. The number of sulfone groups is 1.